The van der Waals surface area contributed by atoms with Gasteiger partial charge in [0.1, 0.15) is 0 Å². The Kier molecular flexibility index (Phi) is 6.04. The molecular formula is C32H26N2O3S. The van der Waals surface area contributed by atoms with Crippen molar-refractivity contribution in [2.75, 3.05) is 0 Å². The molecule has 0 amide bonds. The maximum Gasteiger partial charge on any atom is 0.338 e. The Labute approximate surface area is 223 Å². The first kappa shape index (κ1) is 24.1. The van der Waals surface area contributed by atoms with Gasteiger partial charge < -0.3 is 4.74 Å². The van der Waals surface area contributed by atoms with Crippen LogP contribution in [0.25, 0.3) is 27.6 Å². The number of carbonyl (C=O) groups is 1. The minimum absolute atomic E-state index is 0.179. The summed E-state index contributed by atoms with van der Waals surface area (Å²) in [7, 11) is 0. The first-order valence-electron chi connectivity index (χ1n) is 12.6. The number of aromatic nitrogens is 1. The zero-order chi connectivity index (χ0) is 26.4. The lowest BCUT2D eigenvalue weighted by Gasteiger charge is -2.25. The second-order valence-corrected chi connectivity index (χ2v) is 10.7. The van der Waals surface area contributed by atoms with Gasteiger partial charge in [0.15, 0.2) is 4.80 Å². The van der Waals surface area contributed by atoms with E-state index in [-0.39, 0.29) is 11.7 Å². The molecule has 38 heavy (non-hydrogen) atoms. The van der Waals surface area contributed by atoms with Gasteiger partial charge in [0.25, 0.3) is 5.56 Å². The molecule has 1 unspecified atom stereocenters. The van der Waals surface area contributed by atoms with E-state index in [1.54, 1.807) is 4.57 Å². The Morgan fingerprint density at radius 1 is 0.947 bits per heavy atom. The van der Waals surface area contributed by atoms with Gasteiger partial charge in [0.2, 0.25) is 0 Å². The quantitative estimate of drug-likeness (QED) is 0.233. The van der Waals surface area contributed by atoms with Crippen LogP contribution in [0.3, 0.4) is 0 Å². The van der Waals surface area contributed by atoms with E-state index in [1.807, 2.05) is 81.4 Å². The SMILES string of the molecule is CC1=C(C(=O)OC(C)C)C(c2ccccc2)n2c(sc(=Cc3c4ccccc4cc4ccccc34)c2=O)=N1. The summed E-state index contributed by atoms with van der Waals surface area (Å²) in [6.45, 7) is 5.44. The fraction of sp³-hybridized carbons (Fsp3) is 0.156. The summed E-state index contributed by atoms with van der Waals surface area (Å²) in [5, 5.41) is 4.38. The standard InChI is InChI=1S/C32H26N2O3S/c1-19(2)37-31(36)28-20(3)33-32-34(29(28)21-11-5-4-6-12-21)30(35)27(38-32)18-26-24-15-9-7-13-22(24)17-23-14-8-10-16-25(23)26/h4-19,29H,1-3H3. The second kappa shape index (κ2) is 9.54. The number of ether oxygens (including phenoxy) is 1. The van der Waals surface area contributed by atoms with E-state index in [0.717, 1.165) is 32.7 Å². The van der Waals surface area contributed by atoms with Crippen LogP contribution in [0, 0.1) is 0 Å². The Hall–Kier alpha value is -4.29. The van der Waals surface area contributed by atoms with Crippen molar-refractivity contribution in [1.82, 2.24) is 4.57 Å². The third kappa shape index (κ3) is 4.07. The Morgan fingerprint density at radius 3 is 2.18 bits per heavy atom. The number of carbonyl (C=O) groups excluding carboxylic acids is 1. The summed E-state index contributed by atoms with van der Waals surface area (Å²) in [6, 6.07) is 27.6. The van der Waals surface area contributed by atoms with Gasteiger partial charge in [-0.05, 0) is 65.6 Å². The molecule has 0 N–H and O–H groups in total. The largest absolute Gasteiger partial charge is 0.459 e. The maximum absolute atomic E-state index is 14.1. The van der Waals surface area contributed by atoms with Crippen molar-refractivity contribution in [2.24, 2.45) is 4.99 Å². The predicted molar refractivity (Wildman–Crippen MR) is 153 cm³/mol. The Morgan fingerprint density at radius 2 is 1.55 bits per heavy atom. The van der Waals surface area contributed by atoms with Crippen LogP contribution in [0.1, 0.15) is 37.9 Å². The zero-order valence-corrected chi connectivity index (χ0v) is 22.2. The van der Waals surface area contributed by atoms with E-state index >= 15 is 0 Å². The molecule has 188 valence electrons. The lowest BCUT2D eigenvalue weighted by Crippen LogP contribution is -2.40. The summed E-state index contributed by atoms with van der Waals surface area (Å²) >= 11 is 1.35. The van der Waals surface area contributed by atoms with E-state index in [2.05, 4.69) is 30.3 Å². The predicted octanol–water partition coefficient (Wildman–Crippen LogP) is 5.49. The van der Waals surface area contributed by atoms with E-state index in [0.29, 0.717) is 20.6 Å². The molecule has 0 bridgehead atoms. The number of hydrogen-bond acceptors (Lipinski definition) is 5. The van der Waals surface area contributed by atoms with E-state index in [1.165, 1.54) is 11.3 Å². The molecule has 0 spiro atoms. The molecule has 1 atom stereocenters. The van der Waals surface area contributed by atoms with Crippen LogP contribution in [0.15, 0.2) is 106 Å². The van der Waals surface area contributed by atoms with Gasteiger partial charge in [-0.15, -0.1) is 0 Å². The normalized spacial score (nSPS) is 15.7. The van der Waals surface area contributed by atoms with Crippen LogP contribution in [0.5, 0.6) is 0 Å². The van der Waals surface area contributed by atoms with Crippen LogP contribution in [-0.4, -0.2) is 16.6 Å². The van der Waals surface area contributed by atoms with Crippen LogP contribution in [0.2, 0.25) is 0 Å². The van der Waals surface area contributed by atoms with Crippen LogP contribution in [0.4, 0.5) is 0 Å². The number of allylic oxidation sites excluding steroid dienone is 1. The minimum atomic E-state index is -0.620. The highest BCUT2D eigenvalue weighted by molar-refractivity contribution is 7.07. The summed E-state index contributed by atoms with van der Waals surface area (Å²) < 4.78 is 7.80. The molecule has 0 radical (unpaired) electrons. The van der Waals surface area contributed by atoms with E-state index in [9.17, 15) is 9.59 Å². The molecule has 1 aliphatic heterocycles. The van der Waals surface area contributed by atoms with Crippen molar-refractivity contribution in [2.45, 2.75) is 32.9 Å². The van der Waals surface area contributed by atoms with Crippen LogP contribution in [-0.2, 0) is 9.53 Å². The summed E-state index contributed by atoms with van der Waals surface area (Å²) in [4.78, 5) is 32.6. The van der Waals surface area contributed by atoms with Gasteiger partial charge in [0, 0.05) is 0 Å². The molecular weight excluding hydrogens is 492 g/mol. The highest BCUT2D eigenvalue weighted by Gasteiger charge is 2.33. The lowest BCUT2D eigenvalue weighted by molar-refractivity contribution is -0.143. The topological polar surface area (TPSA) is 60.7 Å². The van der Waals surface area contributed by atoms with Crippen LogP contribution >= 0.6 is 11.3 Å². The summed E-state index contributed by atoms with van der Waals surface area (Å²) in [6.07, 6.45) is 1.69. The first-order valence-corrected chi connectivity index (χ1v) is 13.4. The second-order valence-electron chi connectivity index (χ2n) is 9.68. The summed E-state index contributed by atoms with van der Waals surface area (Å²) in [5.41, 5.74) is 2.60. The monoisotopic (exact) mass is 518 g/mol. The highest BCUT2D eigenvalue weighted by Crippen LogP contribution is 2.31. The Bertz CT molecular complexity index is 1880. The van der Waals surface area contributed by atoms with Crippen molar-refractivity contribution in [3.8, 4) is 0 Å². The molecule has 0 saturated heterocycles. The van der Waals surface area contributed by atoms with Gasteiger partial charge in [-0.1, -0.05) is 90.2 Å². The molecule has 1 aliphatic rings. The van der Waals surface area contributed by atoms with Crippen molar-refractivity contribution >= 4 is 44.9 Å². The molecule has 4 aromatic carbocycles. The fourth-order valence-electron chi connectivity index (χ4n) is 5.15. The molecule has 1 aromatic heterocycles. The number of thiazole rings is 1. The number of benzene rings is 4. The third-order valence-electron chi connectivity index (χ3n) is 6.79. The first-order chi connectivity index (χ1) is 18.4. The Balaban J connectivity index is 1.63. The fourth-order valence-corrected chi connectivity index (χ4v) is 6.17. The number of rotatable bonds is 4. The molecule has 5 aromatic rings. The molecule has 2 heterocycles. The number of hydrogen-bond donors (Lipinski definition) is 0. The molecule has 5 nitrogen and oxygen atoms in total. The van der Waals surface area contributed by atoms with Gasteiger partial charge in [-0.25, -0.2) is 9.79 Å². The third-order valence-corrected chi connectivity index (χ3v) is 7.77. The molecule has 0 saturated carbocycles. The molecule has 6 rings (SSSR count). The van der Waals surface area contributed by atoms with Crippen molar-refractivity contribution in [1.29, 1.82) is 0 Å². The molecule has 0 aliphatic carbocycles. The van der Waals surface area contributed by atoms with Gasteiger partial charge >= 0.3 is 5.97 Å². The van der Waals surface area contributed by atoms with Gasteiger partial charge in [-0.2, -0.15) is 0 Å². The van der Waals surface area contributed by atoms with Crippen molar-refractivity contribution in [3.63, 3.8) is 0 Å². The van der Waals surface area contributed by atoms with Gasteiger partial charge in [-0.3, -0.25) is 9.36 Å². The lowest BCUT2D eigenvalue weighted by atomic mass is 9.96. The van der Waals surface area contributed by atoms with Gasteiger partial charge in [0.05, 0.1) is 27.9 Å². The molecule has 0 fully saturated rings. The number of fused-ring (bicyclic) bond motifs is 3. The zero-order valence-electron chi connectivity index (χ0n) is 21.3. The highest BCUT2D eigenvalue weighted by atomic mass is 32.1. The smallest absolute Gasteiger partial charge is 0.338 e. The minimum Gasteiger partial charge on any atom is -0.459 e. The summed E-state index contributed by atoms with van der Waals surface area (Å²) in [5.74, 6) is -0.454. The average Bonchev–Trinajstić information content (AvgIpc) is 3.22. The molecule has 6 heteroatoms. The maximum atomic E-state index is 14.1. The average molecular weight is 519 g/mol. The number of nitrogens with zero attached hydrogens (tertiary/aromatic N) is 2. The van der Waals surface area contributed by atoms with E-state index < -0.39 is 12.0 Å². The van der Waals surface area contributed by atoms with E-state index in [4.69, 9.17) is 9.73 Å². The van der Waals surface area contributed by atoms with Crippen molar-refractivity contribution in [3.05, 3.63) is 127 Å². The van der Waals surface area contributed by atoms with Crippen LogP contribution < -0.4 is 14.9 Å². The number of esters is 1. The van der Waals surface area contributed by atoms with Crippen molar-refractivity contribution < 1.29 is 9.53 Å².